The van der Waals surface area contributed by atoms with E-state index in [-0.39, 0.29) is 46.7 Å². The monoisotopic (exact) mass is 1050 g/mol. The number of hydrogen-bond acceptors (Lipinski definition) is 23. The van der Waals surface area contributed by atoms with Gasteiger partial charge in [0.05, 0.1) is 51.3 Å². The molecule has 0 radical (unpaired) electrons. The Bertz CT molecular complexity index is 1860. The van der Waals surface area contributed by atoms with Crippen LogP contribution in [0, 0.1) is 52.3 Å². The molecule has 6 saturated heterocycles. The Morgan fingerprint density at radius 2 is 1.12 bits per heavy atom. The summed E-state index contributed by atoms with van der Waals surface area (Å²) in [7, 11) is 0. The van der Waals surface area contributed by atoms with Gasteiger partial charge in [-0.05, 0) is 91.8 Å². The lowest BCUT2D eigenvalue weighted by Crippen LogP contribution is -2.68. The molecule has 0 aromatic heterocycles. The van der Waals surface area contributed by atoms with E-state index >= 15 is 0 Å². The van der Waals surface area contributed by atoms with Gasteiger partial charge in [-0.25, -0.2) is 0 Å². The lowest BCUT2D eigenvalue weighted by molar-refractivity contribution is -0.404. The first-order valence-corrected chi connectivity index (χ1v) is 26.8. The molecule has 13 N–H and O–H groups in total. The number of ether oxygens (including phenoxy) is 10. The van der Waals surface area contributed by atoms with Crippen molar-refractivity contribution in [2.45, 2.75) is 226 Å². The molecule has 10 rings (SSSR count). The molecule has 6 aliphatic heterocycles. The largest absolute Gasteiger partial charge is 0.394 e. The first-order valence-electron chi connectivity index (χ1n) is 26.8. The van der Waals surface area contributed by atoms with Crippen molar-refractivity contribution in [2.24, 2.45) is 52.3 Å². The normalized spacial score (nSPS) is 58.2. The van der Waals surface area contributed by atoms with Gasteiger partial charge in [-0.2, -0.15) is 0 Å². The third-order valence-corrected chi connectivity index (χ3v) is 20.0. The zero-order valence-corrected chi connectivity index (χ0v) is 42.0. The molecule has 0 aromatic carbocycles. The average molecular weight is 1050 g/mol. The van der Waals surface area contributed by atoms with Crippen molar-refractivity contribution >= 4 is 0 Å². The Morgan fingerprint density at radius 3 is 1.82 bits per heavy atom. The highest BCUT2D eigenvalue weighted by atomic mass is 16.8. The molecular weight excluding hydrogens is 969 g/mol. The highest BCUT2D eigenvalue weighted by Crippen LogP contribution is 2.71. The summed E-state index contributed by atoms with van der Waals surface area (Å²) in [6.07, 6.45) is -26.4. The Kier molecular flexibility index (Phi) is 16.1. The molecule has 10 fully saturated rings. The molecule has 4 aliphatic carbocycles. The van der Waals surface area contributed by atoms with E-state index in [2.05, 4.69) is 27.7 Å². The zero-order chi connectivity index (χ0) is 52.2. The predicted octanol–water partition coefficient (Wildman–Crippen LogP) is -3.30. The van der Waals surface area contributed by atoms with Gasteiger partial charge in [0.1, 0.15) is 91.6 Å². The minimum Gasteiger partial charge on any atom is -0.394 e. The Hall–Kier alpha value is -0.920. The lowest BCUT2D eigenvalue weighted by atomic mass is 9.44. The molecule has 420 valence electrons. The first-order chi connectivity index (χ1) is 34.7. The van der Waals surface area contributed by atoms with E-state index in [1.54, 1.807) is 0 Å². The minimum absolute atomic E-state index is 0.0337. The summed E-state index contributed by atoms with van der Waals surface area (Å²) < 4.78 is 61.1. The van der Waals surface area contributed by atoms with Gasteiger partial charge >= 0.3 is 0 Å². The molecule has 0 unspecified atom stereocenters. The SMILES string of the molecule is C[C@@H]1CC[C@@]2(OC1)O[C@H]1[C@H](O)[C@H]3[C@@H]4CC[C@H]5C[C@@H](O[C@@H]6O[C@H](CO)[C@@H](O[C@@H]7O[C@H](CO)[C@@H](O)[C@H](O[C@@H]8OC[C@@H](O)[C@H](O)[C@H]8O)[C@H]7O[C@@H]7O[C@H](CO)[C@@H](O)[C@H](O)[C@H]7O)[C@H](O)[C@H]6O)CC[C@]5(C)[C@H]4CC[C@]3(C)[C@H]1[C@@H]2C. The topological polar surface area (TPSA) is 355 Å². The molecule has 32 atom stereocenters. The molecule has 1 spiro atoms. The van der Waals surface area contributed by atoms with Gasteiger partial charge in [-0.3, -0.25) is 0 Å². The van der Waals surface area contributed by atoms with Gasteiger partial charge in [0.2, 0.25) is 0 Å². The smallest absolute Gasteiger partial charge is 0.187 e. The molecule has 73 heavy (non-hydrogen) atoms. The number of hydrogen-bond donors (Lipinski definition) is 13. The molecule has 4 saturated carbocycles. The third-order valence-electron chi connectivity index (χ3n) is 20.0. The summed E-state index contributed by atoms with van der Waals surface area (Å²) in [5.74, 6) is 1.35. The molecule has 23 nitrogen and oxygen atoms in total. The quantitative estimate of drug-likeness (QED) is 0.0902. The van der Waals surface area contributed by atoms with Crippen LogP contribution < -0.4 is 0 Å². The van der Waals surface area contributed by atoms with E-state index in [9.17, 15) is 66.4 Å². The predicted molar refractivity (Wildman–Crippen MR) is 244 cm³/mol. The van der Waals surface area contributed by atoms with Crippen LogP contribution in [0.5, 0.6) is 0 Å². The van der Waals surface area contributed by atoms with Crippen LogP contribution in [0.1, 0.15) is 85.5 Å². The second kappa shape index (κ2) is 21.3. The van der Waals surface area contributed by atoms with E-state index in [1.807, 2.05) is 0 Å². The second-order valence-corrected chi connectivity index (χ2v) is 24.0. The molecule has 0 aromatic rings. The maximum Gasteiger partial charge on any atom is 0.187 e. The van der Waals surface area contributed by atoms with E-state index < -0.39 is 155 Å². The number of rotatable bonds is 11. The van der Waals surface area contributed by atoms with Crippen LogP contribution in [-0.2, 0) is 47.4 Å². The maximum absolute atomic E-state index is 12.2. The fraction of sp³-hybridized carbons (Fsp3) is 1.00. The van der Waals surface area contributed by atoms with Crippen molar-refractivity contribution in [2.75, 3.05) is 33.0 Å². The van der Waals surface area contributed by atoms with Gasteiger partial charge < -0.3 is 114 Å². The van der Waals surface area contributed by atoms with Crippen LogP contribution >= 0.6 is 0 Å². The third kappa shape index (κ3) is 9.39. The van der Waals surface area contributed by atoms with Gasteiger partial charge in [0.15, 0.2) is 30.9 Å². The highest BCUT2D eigenvalue weighted by Gasteiger charge is 2.72. The molecule has 23 heteroatoms. The number of aliphatic hydroxyl groups excluding tert-OH is 13. The Morgan fingerprint density at radius 1 is 0.507 bits per heavy atom. The van der Waals surface area contributed by atoms with Crippen molar-refractivity contribution in [1.82, 2.24) is 0 Å². The number of aliphatic hydroxyl groups is 13. The second-order valence-electron chi connectivity index (χ2n) is 24.0. The van der Waals surface area contributed by atoms with Crippen LogP contribution in [0.4, 0.5) is 0 Å². The standard InChI is InChI=1S/C50H82O23/c1-19-7-12-50(65-17-19)20(2)29-41(73-50)34(58)30-23-6-5-21-13-22(8-10-48(21,3)24(23)9-11-49(29,30)4)66-45-39(63)36(60)40(28(16-53)69-45)70-47-43(72-46-38(62)35(59)32(56)26(14-51)67-46)42(33(57)27(15-52)68-47)71-44-37(61)31(55)25(54)18-64-44/h19-47,51-63H,5-18H2,1-4H3/t19-,20+,21+,22+,23-,24+,25-,26-,27-,28-,29+,30-,31+,32-,33-,34-,35+,36-,37-,38-,39-,40-,41-,42+,43-,44+,45-,46+,47+,48+,49-,50-/m1/s1. The van der Waals surface area contributed by atoms with Crippen molar-refractivity contribution in [1.29, 1.82) is 0 Å². The zero-order valence-electron chi connectivity index (χ0n) is 42.0. The van der Waals surface area contributed by atoms with E-state index in [0.717, 1.165) is 44.9 Å². The van der Waals surface area contributed by atoms with Crippen molar-refractivity contribution in [3.05, 3.63) is 0 Å². The van der Waals surface area contributed by atoms with Crippen molar-refractivity contribution in [3.63, 3.8) is 0 Å². The fourth-order valence-corrected chi connectivity index (χ4v) is 15.9. The van der Waals surface area contributed by atoms with Gasteiger partial charge in [-0.1, -0.05) is 27.7 Å². The summed E-state index contributed by atoms with van der Waals surface area (Å²) >= 11 is 0. The highest BCUT2D eigenvalue weighted by molar-refractivity contribution is 5.18. The Labute approximate surface area is 424 Å². The van der Waals surface area contributed by atoms with E-state index in [4.69, 9.17) is 47.4 Å². The molecular formula is C50H82O23. The van der Waals surface area contributed by atoms with E-state index in [0.29, 0.717) is 37.2 Å². The molecule has 10 aliphatic rings. The lowest BCUT2D eigenvalue weighted by Gasteiger charge is -2.61. The fourth-order valence-electron chi connectivity index (χ4n) is 15.9. The molecule has 0 bridgehead atoms. The Balaban J connectivity index is 0.818. The van der Waals surface area contributed by atoms with Crippen LogP contribution in [-0.4, -0.2) is 240 Å². The van der Waals surface area contributed by atoms with Crippen molar-refractivity contribution < 1.29 is 114 Å². The van der Waals surface area contributed by atoms with Crippen molar-refractivity contribution in [3.8, 4) is 0 Å². The van der Waals surface area contributed by atoms with Gasteiger partial charge in [0, 0.05) is 18.3 Å². The van der Waals surface area contributed by atoms with Crippen LogP contribution in [0.3, 0.4) is 0 Å². The van der Waals surface area contributed by atoms with Crippen LogP contribution in [0.15, 0.2) is 0 Å². The number of fused-ring (bicyclic) bond motifs is 7. The van der Waals surface area contributed by atoms with Gasteiger partial charge in [0.25, 0.3) is 0 Å². The summed E-state index contributed by atoms with van der Waals surface area (Å²) in [4.78, 5) is 0. The average Bonchev–Trinajstić information content (AvgIpc) is 3.79. The van der Waals surface area contributed by atoms with E-state index in [1.165, 1.54) is 0 Å². The summed E-state index contributed by atoms with van der Waals surface area (Å²) in [6, 6.07) is 0. The molecule has 6 heterocycles. The van der Waals surface area contributed by atoms with Gasteiger partial charge in [-0.15, -0.1) is 0 Å². The first kappa shape index (κ1) is 55.4. The molecule has 0 amide bonds. The summed E-state index contributed by atoms with van der Waals surface area (Å²) in [5.41, 5.74) is -0.111. The maximum atomic E-state index is 12.2. The summed E-state index contributed by atoms with van der Waals surface area (Å²) in [6.45, 7) is 6.90. The van der Waals surface area contributed by atoms with Crippen LogP contribution in [0.25, 0.3) is 0 Å². The minimum atomic E-state index is -2.01. The summed E-state index contributed by atoms with van der Waals surface area (Å²) in [5, 5.41) is 142. The van der Waals surface area contributed by atoms with Crippen LogP contribution in [0.2, 0.25) is 0 Å².